The summed E-state index contributed by atoms with van der Waals surface area (Å²) in [5, 5.41) is 3.53. The summed E-state index contributed by atoms with van der Waals surface area (Å²) in [4.78, 5) is 23.9. The highest BCUT2D eigenvalue weighted by atomic mass is 32.2. The molecule has 0 spiro atoms. The Balaban J connectivity index is 1.31. The summed E-state index contributed by atoms with van der Waals surface area (Å²) in [7, 11) is -3.55. The zero-order chi connectivity index (χ0) is 23.4. The highest BCUT2D eigenvalue weighted by Gasteiger charge is 2.26. The van der Waals surface area contributed by atoms with E-state index in [0.717, 1.165) is 16.5 Å². The quantitative estimate of drug-likeness (QED) is 0.522. The summed E-state index contributed by atoms with van der Waals surface area (Å²) in [5.41, 5.74) is 1.50. The highest BCUT2D eigenvalue weighted by molar-refractivity contribution is 7.89. The summed E-state index contributed by atoms with van der Waals surface area (Å²) in [5.74, 6) is 0.0647. The van der Waals surface area contributed by atoms with E-state index in [2.05, 4.69) is 5.32 Å². The summed E-state index contributed by atoms with van der Waals surface area (Å²) >= 11 is 0. The second kappa shape index (κ2) is 9.74. The SMILES string of the molecule is Cc1cc(=O)oc2cc(OCC(=O)NCc3ccc(S(=O)(=O)N4CCOCC4)cc3)ccc12. The fraction of sp³-hybridized carbons (Fsp3) is 0.304. The number of aryl methyl sites for hydroxylation is 1. The molecule has 3 aromatic rings. The molecule has 1 aliphatic heterocycles. The first kappa shape index (κ1) is 23.0. The van der Waals surface area contributed by atoms with Crippen molar-refractivity contribution in [3.8, 4) is 5.75 Å². The second-order valence-corrected chi connectivity index (χ2v) is 9.57. The predicted octanol–water partition coefficient (Wildman–Crippen LogP) is 1.82. The molecule has 1 saturated heterocycles. The van der Waals surface area contributed by atoms with E-state index < -0.39 is 15.6 Å². The molecule has 2 aromatic carbocycles. The zero-order valence-electron chi connectivity index (χ0n) is 18.1. The van der Waals surface area contributed by atoms with Gasteiger partial charge in [-0.05, 0) is 42.3 Å². The fourth-order valence-electron chi connectivity index (χ4n) is 3.51. The molecule has 10 heteroatoms. The van der Waals surface area contributed by atoms with Crippen LogP contribution in [0.2, 0.25) is 0 Å². The molecule has 0 aliphatic carbocycles. The van der Waals surface area contributed by atoms with E-state index in [-0.39, 0.29) is 24.0 Å². The molecular formula is C23H24N2O7S. The Labute approximate surface area is 191 Å². The maximum atomic E-state index is 12.7. The smallest absolute Gasteiger partial charge is 0.336 e. The molecule has 0 unspecified atom stereocenters. The normalized spacial score (nSPS) is 14.8. The molecular weight excluding hydrogens is 448 g/mol. The molecule has 0 saturated carbocycles. The molecule has 0 bridgehead atoms. The fourth-order valence-corrected chi connectivity index (χ4v) is 4.92. The van der Waals surface area contributed by atoms with Crippen LogP contribution in [0.25, 0.3) is 11.0 Å². The summed E-state index contributed by atoms with van der Waals surface area (Å²) in [6.45, 7) is 3.28. The van der Waals surface area contributed by atoms with Crippen LogP contribution in [0.3, 0.4) is 0 Å². The average Bonchev–Trinajstić information content (AvgIpc) is 2.82. The van der Waals surface area contributed by atoms with E-state index in [9.17, 15) is 18.0 Å². The third-order valence-electron chi connectivity index (χ3n) is 5.31. The van der Waals surface area contributed by atoms with Crippen molar-refractivity contribution < 1.29 is 27.1 Å². The van der Waals surface area contributed by atoms with Crippen molar-refractivity contribution in [1.82, 2.24) is 9.62 Å². The van der Waals surface area contributed by atoms with Crippen LogP contribution in [-0.4, -0.2) is 51.5 Å². The molecule has 1 N–H and O–H groups in total. The van der Waals surface area contributed by atoms with Gasteiger partial charge in [0, 0.05) is 37.2 Å². The molecule has 1 aromatic heterocycles. The van der Waals surface area contributed by atoms with E-state index in [1.165, 1.54) is 22.5 Å². The molecule has 9 nitrogen and oxygen atoms in total. The van der Waals surface area contributed by atoms with Gasteiger partial charge in [-0.15, -0.1) is 0 Å². The van der Waals surface area contributed by atoms with Gasteiger partial charge < -0.3 is 19.2 Å². The number of ether oxygens (including phenoxy) is 2. The van der Waals surface area contributed by atoms with Crippen molar-refractivity contribution in [2.24, 2.45) is 0 Å². The Morgan fingerprint density at radius 2 is 1.82 bits per heavy atom. The number of benzene rings is 2. The standard InChI is InChI=1S/C23H24N2O7S/c1-16-12-23(27)32-21-13-18(4-7-20(16)21)31-15-22(26)24-14-17-2-5-19(6-3-17)33(28,29)25-8-10-30-11-9-25/h2-7,12-13H,8-11,14-15H2,1H3,(H,24,26). The van der Waals surface area contributed by atoms with Crippen LogP contribution in [0, 0.1) is 6.92 Å². The predicted molar refractivity (Wildman–Crippen MR) is 121 cm³/mol. The van der Waals surface area contributed by atoms with Crippen molar-refractivity contribution in [2.45, 2.75) is 18.4 Å². The van der Waals surface area contributed by atoms with Crippen LogP contribution in [0.15, 0.2) is 62.6 Å². The van der Waals surface area contributed by atoms with Gasteiger partial charge in [-0.2, -0.15) is 4.31 Å². The first-order valence-corrected chi connectivity index (χ1v) is 11.9. The molecule has 33 heavy (non-hydrogen) atoms. The van der Waals surface area contributed by atoms with E-state index in [1.807, 2.05) is 6.92 Å². The number of nitrogens with zero attached hydrogens (tertiary/aromatic N) is 1. The summed E-state index contributed by atoms with van der Waals surface area (Å²) in [6, 6.07) is 12.9. The van der Waals surface area contributed by atoms with Gasteiger partial charge in [-0.1, -0.05) is 12.1 Å². The number of hydrogen-bond acceptors (Lipinski definition) is 7. The number of fused-ring (bicyclic) bond motifs is 1. The monoisotopic (exact) mass is 472 g/mol. The molecule has 2 heterocycles. The van der Waals surface area contributed by atoms with Crippen molar-refractivity contribution in [1.29, 1.82) is 0 Å². The number of hydrogen-bond donors (Lipinski definition) is 1. The van der Waals surface area contributed by atoms with E-state index in [1.54, 1.807) is 30.3 Å². The molecule has 174 valence electrons. The number of rotatable bonds is 7. The third kappa shape index (κ3) is 5.41. The molecule has 0 atom stereocenters. The lowest BCUT2D eigenvalue weighted by atomic mass is 10.1. The van der Waals surface area contributed by atoms with Crippen LogP contribution in [0.1, 0.15) is 11.1 Å². The number of carbonyl (C=O) groups excluding carboxylic acids is 1. The van der Waals surface area contributed by atoms with Crippen LogP contribution < -0.4 is 15.7 Å². The molecule has 1 amide bonds. The second-order valence-electron chi connectivity index (χ2n) is 7.63. The zero-order valence-corrected chi connectivity index (χ0v) is 18.9. The van der Waals surface area contributed by atoms with Gasteiger partial charge in [0.2, 0.25) is 10.0 Å². The van der Waals surface area contributed by atoms with Gasteiger partial charge in [0.1, 0.15) is 11.3 Å². The Morgan fingerprint density at radius 1 is 1.09 bits per heavy atom. The first-order chi connectivity index (χ1) is 15.8. The lowest BCUT2D eigenvalue weighted by molar-refractivity contribution is -0.123. The third-order valence-corrected chi connectivity index (χ3v) is 7.23. The number of sulfonamides is 1. The number of morpholine rings is 1. The van der Waals surface area contributed by atoms with E-state index >= 15 is 0 Å². The number of amides is 1. The topological polar surface area (TPSA) is 115 Å². The number of carbonyl (C=O) groups is 1. The summed E-state index contributed by atoms with van der Waals surface area (Å²) < 4.78 is 42.6. The lowest BCUT2D eigenvalue weighted by Gasteiger charge is -2.26. The first-order valence-electron chi connectivity index (χ1n) is 10.4. The highest BCUT2D eigenvalue weighted by Crippen LogP contribution is 2.22. The average molecular weight is 473 g/mol. The number of nitrogens with one attached hydrogen (secondary N) is 1. The molecule has 1 aliphatic rings. The maximum Gasteiger partial charge on any atom is 0.336 e. The van der Waals surface area contributed by atoms with Crippen molar-refractivity contribution in [2.75, 3.05) is 32.9 Å². The molecule has 1 fully saturated rings. The minimum Gasteiger partial charge on any atom is -0.484 e. The van der Waals surface area contributed by atoms with Gasteiger partial charge in [0.25, 0.3) is 5.91 Å². The minimum atomic E-state index is -3.55. The van der Waals surface area contributed by atoms with Crippen molar-refractivity contribution in [3.63, 3.8) is 0 Å². The van der Waals surface area contributed by atoms with Gasteiger partial charge >= 0.3 is 5.63 Å². The van der Waals surface area contributed by atoms with Crippen LogP contribution in [0.5, 0.6) is 5.75 Å². The van der Waals surface area contributed by atoms with Gasteiger partial charge in [-0.25, -0.2) is 13.2 Å². The lowest BCUT2D eigenvalue weighted by Crippen LogP contribution is -2.40. The molecule has 4 rings (SSSR count). The Morgan fingerprint density at radius 3 is 2.55 bits per heavy atom. The van der Waals surface area contributed by atoms with Gasteiger partial charge in [0.15, 0.2) is 6.61 Å². The Kier molecular flexibility index (Phi) is 6.77. The van der Waals surface area contributed by atoms with Gasteiger partial charge in [-0.3, -0.25) is 4.79 Å². The largest absolute Gasteiger partial charge is 0.484 e. The maximum absolute atomic E-state index is 12.7. The van der Waals surface area contributed by atoms with Gasteiger partial charge in [0.05, 0.1) is 18.1 Å². The van der Waals surface area contributed by atoms with E-state index in [4.69, 9.17) is 13.9 Å². The van der Waals surface area contributed by atoms with Crippen LogP contribution >= 0.6 is 0 Å². The Hall–Kier alpha value is -3.21. The minimum absolute atomic E-state index is 0.209. The van der Waals surface area contributed by atoms with Crippen molar-refractivity contribution in [3.05, 3.63) is 70.1 Å². The van der Waals surface area contributed by atoms with Crippen LogP contribution in [-0.2, 0) is 26.1 Å². The molecule has 0 radical (unpaired) electrons. The Bertz CT molecular complexity index is 1310. The summed E-state index contributed by atoms with van der Waals surface area (Å²) in [6.07, 6.45) is 0. The van der Waals surface area contributed by atoms with E-state index in [0.29, 0.717) is 37.6 Å². The van der Waals surface area contributed by atoms with Crippen molar-refractivity contribution >= 4 is 26.9 Å². The van der Waals surface area contributed by atoms with Crippen LogP contribution in [0.4, 0.5) is 0 Å².